The van der Waals surface area contributed by atoms with Crippen molar-refractivity contribution >= 4 is 5.91 Å². The standard InChI is InChI=1S/C67H109NO18/c1-3-5-7-9-11-13-14-15-16-17-18-19-20-21-22-23-24-25-26-27-28-29-30-31-32-33-34-35-36-37-39-41-43-45-55(73)68-50(51(72)44-42-40-38-12-10-8-6-4-2)49-81-65-61(79)58(76)63(53(47-70)83-65)86-67-62(80)59(77)64(54(48-71)84-67)85-66-60(78)57(75)56(74)52(46-69)82-66/h5,7,11,13,15-16,18-19,21-22,24-25,27-28,30-31,33-34,36-37,50-54,56-67,69-72,74-80H,3-4,6,8-10,12,14,17,20,23,26,29,32,35,38-49H2,1-2H3,(H,68,73)/b7-5-,13-11-,16-15-,19-18-,22-21-,25-24-,28-27-,31-30-,34-33-,37-36-. The van der Waals surface area contributed by atoms with Gasteiger partial charge >= 0.3 is 0 Å². The van der Waals surface area contributed by atoms with E-state index in [4.69, 9.17) is 28.4 Å². The largest absolute Gasteiger partial charge is 0.394 e. The van der Waals surface area contributed by atoms with Gasteiger partial charge in [-0.25, -0.2) is 0 Å². The third-order valence-corrected chi connectivity index (χ3v) is 15.1. The number of amides is 1. The highest BCUT2D eigenvalue weighted by molar-refractivity contribution is 5.76. The zero-order valence-corrected chi connectivity index (χ0v) is 51.2. The molecule has 3 aliphatic heterocycles. The summed E-state index contributed by atoms with van der Waals surface area (Å²) in [5.41, 5.74) is 0. The summed E-state index contributed by atoms with van der Waals surface area (Å²) in [5, 5.41) is 120. The van der Waals surface area contributed by atoms with E-state index in [9.17, 15) is 61.0 Å². The second-order valence-corrected chi connectivity index (χ2v) is 22.1. The van der Waals surface area contributed by atoms with E-state index in [1.807, 2.05) is 0 Å². The molecule has 490 valence electrons. The molecule has 3 aliphatic rings. The number of nitrogens with one attached hydrogen (secondary N) is 1. The zero-order valence-electron chi connectivity index (χ0n) is 51.2. The third-order valence-electron chi connectivity index (χ3n) is 15.1. The van der Waals surface area contributed by atoms with Crippen LogP contribution < -0.4 is 5.32 Å². The van der Waals surface area contributed by atoms with Crippen molar-refractivity contribution in [2.24, 2.45) is 0 Å². The van der Waals surface area contributed by atoms with Gasteiger partial charge in [-0.05, 0) is 89.9 Å². The molecule has 3 heterocycles. The number of rotatable bonds is 45. The van der Waals surface area contributed by atoms with Crippen LogP contribution in [0.2, 0.25) is 0 Å². The minimum Gasteiger partial charge on any atom is -0.394 e. The number of hydrogen-bond acceptors (Lipinski definition) is 18. The molecular formula is C67H109NO18. The average molecular weight is 1220 g/mol. The Morgan fingerprint density at radius 1 is 0.430 bits per heavy atom. The molecule has 17 unspecified atom stereocenters. The molecule has 3 fully saturated rings. The van der Waals surface area contributed by atoms with Crippen molar-refractivity contribution in [1.29, 1.82) is 0 Å². The highest BCUT2D eigenvalue weighted by Crippen LogP contribution is 2.33. The van der Waals surface area contributed by atoms with Gasteiger partial charge in [0.2, 0.25) is 5.91 Å². The van der Waals surface area contributed by atoms with Crippen LogP contribution in [-0.4, -0.2) is 193 Å². The van der Waals surface area contributed by atoms with Crippen LogP contribution in [0.15, 0.2) is 122 Å². The number of hydrogen-bond donors (Lipinski definition) is 12. The SMILES string of the molecule is CC/C=C\C/C=C\C/C=C\C/C=C\C/C=C\C/C=C\C/C=C\C/C=C\C/C=C\C/C=C\CCCCC(=O)NC(COC1OC(CO)C(OC2OC(CO)C(OC3OC(CO)C(O)C(O)C3O)C(O)C2O)C(O)C1O)C(O)CCCCCCCCCC. The predicted molar refractivity (Wildman–Crippen MR) is 332 cm³/mol. The van der Waals surface area contributed by atoms with Gasteiger partial charge < -0.3 is 89.9 Å². The Hall–Kier alpha value is -3.81. The first-order valence-corrected chi connectivity index (χ1v) is 31.8. The number of aliphatic hydroxyl groups is 11. The van der Waals surface area contributed by atoms with E-state index in [0.29, 0.717) is 19.3 Å². The van der Waals surface area contributed by atoms with Gasteiger partial charge in [-0.15, -0.1) is 0 Å². The van der Waals surface area contributed by atoms with Crippen LogP contribution in [0, 0.1) is 0 Å². The molecule has 0 spiro atoms. The first-order valence-electron chi connectivity index (χ1n) is 31.8. The lowest BCUT2D eigenvalue weighted by Crippen LogP contribution is -2.66. The van der Waals surface area contributed by atoms with Crippen molar-refractivity contribution in [2.75, 3.05) is 26.4 Å². The maximum atomic E-state index is 13.3. The molecule has 3 rings (SSSR count). The molecule has 12 N–H and O–H groups in total. The van der Waals surface area contributed by atoms with Crippen LogP contribution in [0.3, 0.4) is 0 Å². The number of aliphatic hydroxyl groups excluding tert-OH is 11. The maximum absolute atomic E-state index is 13.3. The summed E-state index contributed by atoms with van der Waals surface area (Å²) in [6, 6.07) is -0.917. The number of allylic oxidation sites excluding steroid dienone is 20. The molecule has 0 saturated carbocycles. The molecule has 19 heteroatoms. The van der Waals surface area contributed by atoms with E-state index in [-0.39, 0.29) is 18.9 Å². The highest BCUT2D eigenvalue weighted by atomic mass is 16.8. The van der Waals surface area contributed by atoms with Crippen LogP contribution in [-0.2, 0) is 33.2 Å². The Morgan fingerprint density at radius 3 is 1.23 bits per heavy atom. The predicted octanol–water partition coefficient (Wildman–Crippen LogP) is 6.87. The molecule has 0 aromatic carbocycles. The van der Waals surface area contributed by atoms with Crippen molar-refractivity contribution in [3.8, 4) is 0 Å². The molecule has 0 aromatic heterocycles. The van der Waals surface area contributed by atoms with Crippen molar-refractivity contribution in [1.82, 2.24) is 5.32 Å². The van der Waals surface area contributed by atoms with E-state index in [2.05, 4.69) is 141 Å². The van der Waals surface area contributed by atoms with Crippen LogP contribution in [0.4, 0.5) is 0 Å². The second kappa shape index (κ2) is 48.1. The molecule has 0 aliphatic carbocycles. The normalized spacial score (nSPS) is 29.6. The summed E-state index contributed by atoms with van der Waals surface area (Å²) in [4.78, 5) is 13.3. The Bertz CT molecular complexity index is 2030. The molecule has 19 nitrogen and oxygen atoms in total. The van der Waals surface area contributed by atoms with Crippen LogP contribution >= 0.6 is 0 Å². The molecule has 0 radical (unpaired) electrons. The lowest BCUT2D eigenvalue weighted by molar-refractivity contribution is -0.379. The van der Waals surface area contributed by atoms with Gasteiger partial charge in [0.25, 0.3) is 0 Å². The summed E-state index contributed by atoms with van der Waals surface area (Å²) in [5.74, 6) is -0.295. The lowest BCUT2D eigenvalue weighted by atomic mass is 9.96. The second-order valence-electron chi connectivity index (χ2n) is 22.1. The van der Waals surface area contributed by atoms with Crippen LogP contribution in [0.1, 0.15) is 162 Å². The molecule has 1 amide bonds. The smallest absolute Gasteiger partial charge is 0.220 e. The van der Waals surface area contributed by atoms with Gasteiger partial charge in [-0.3, -0.25) is 4.79 Å². The molecular weight excluding hydrogens is 1110 g/mol. The van der Waals surface area contributed by atoms with Gasteiger partial charge in [-0.1, -0.05) is 187 Å². The van der Waals surface area contributed by atoms with E-state index in [1.54, 1.807) is 0 Å². The number of unbranched alkanes of at least 4 members (excludes halogenated alkanes) is 9. The van der Waals surface area contributed by atoms with Crippen molar-refractivity contribution in [3.63, 3.8) is 0 Å². The number of carbonyl (C=O) groups is 1. The van der Waals surface area contributed by atoms with Crippen molar-refractivity contribution in [3.05, 3.63) is 122 Å². The Kier molecular flexibility index (Phi) is 42.7. The van der Waals surface area contributed by atoms with Gasteiger partial charge in [-0.2, -0.15) is 0 Å². The summed E-state index contributed by atoms with van der Waals surface area (Å²) in [6.07, 6.45) is 37.5. The fraction of sp³-hybridized carbons (Fsp3) is 0.687. The topological polar surface area (TPSA) is 307 Å². The van der Waals surface area contributed by atoms with E-state index < -0.39 is 124 Å². The Morgan fingerprint density at radius 2 is 0.802 bits per heavy atom. The van der Waals surface area contributed by atoms with E-state index in [1.165, 1.54) is 12.8 Å². The monoisotopic (exact) mass is 1220 g/mol. The Balaban J connectivity index is 1.39. The molecule has 3 saturated heterocycles. The van der Waals surface area contributed by atoms with Crippen LogP contribution in [0.5, 0.6) is 0 Å². The Labute approximate surface area is 512 Å². The fourth-order valence-electron chi connectivity index (χ4n) is 9.87. The molecule has 0 aromatic rings. The molecule has 86 heavy (non-hydrogen) atoms. The molecule has 17 atom stereocenters. The third kappa shape index (κ3) is 30.6. The van der Waals surface area contributed by atoms with Crippen LogP contribution in [0.25, 0.3) is 0 Å². The summed E-state index contributed by atoms with van der Waals surface area (Å²) >= 11 is 0. The van der Waals surface area contributed by atoms with E-state index >= 15 is 0 Å². The van der Waals surface area contributed by atoms with Gasteiger partial charge in [0, 0.05) is 6.42 Å². The quantitative estimate of drug-likeness (QED) is 0.0219. The molecule has 0 bridgehead atoms. The van der Waals surface area contributed by atoms with Gasteiger partial charge in [0.1, 0.15) is 73.2 Å². The summed E-state index contributed by atoms with van der Waals surface area (Å²) in [6.45, 7) is 1.56. The maximum Gasteiger partial charge on any atom is 0.220 e. The minimum absolute atomic E-state index is 0.202. The fourth-order valence-corrected chi connectivity index (χ4v) is 9.87. The first kappa shape index (κ1) is 76.4. The van der Waals surface area contributed by atoms with Crippen molar-refractivity contribution in [2.45, 2.75) is 266 Å². The summed E-state index contributed by atoms with van der Waals surface area (Å²) in [7, 11) is 0. The highest BCUT2D eigenvalue weighted by Gasteiger charge is 2.53. The first-order chi connectivity index (χ1) is 41.8. The average Bonchev–Trinajstić information content (AvgIpc) is 3.55. The van der Waals surface area contributed by atoms with Gasteiger partial charge in [0.05, 0.1) is 38.6 Å². The van der Waals surface area contributed by atoms with Crippen molar-refractivity contribution < 1.29 is 89.4 Å². The van der Waals surface area contributed by atoms with E-state index in [0.717, 1.165) is 109 Å². The number of ether oxygens (including phenoxy) is 6. The summed E-state index contributed by atoms with van der Waals surface area (Å²) < 4.78 is 34.2. The zero-order chi connectivity index (χ0) is 62.6. The lowest BCUT2D eigenvalue weighted by Gasteiger charge is -2.48. The minimum atomic E-state index is -1.98. The number of carbonyl (C=O) groups excluding carboxylic acids is 1. The van der Waals surface area contributed by atoms with Gasteiger partial charge in [0.15, 0.2) is 18.9 Å².